The zero-order valence-corrected chi connectivity index (χ0v) is 18.5. The van der Waals surface area contributed by atoms with Crippen LogP contribution in [0, 0.1) is 0 Å². The topological polar surface area (TPSA) is 79.5 Å². The molecule has 0 unspecified atom stereocenters. The molecule has 154 valence electrons. The molecular formula is C20H23N3O3S3. The highest BCUT2D eigenvalue weighted by Crippen LogP contribution is 2.38. The summed E-state index contributed by atoms with van der Waals surface area (Å²) in [6.45, 7) is 0. The molecule has 1 aromatic heterocycles. The molecule has 1 amide bonds. The monoisotopic (exact) mass is 449 g/mol. The largest absolute Gasteiger partial charge is 0.465 e. The maximum absolute atomic E-state index is 12.3. The molecular weight excluding hydrogens is 426 g/mol. The Labute approximate surface area is 183 Å². The molecule has 6 nitrogen and oxygen atoms in total. The second-order valence-corrected chi connectivity index (χ2v) is 9.01. The predicted octanol–water partition coefficient (Wildman–Crippen LogP) is 3.66. The Morgan fingerprint density at radius 3 is 2.69 bits per heavy atom. The van der Waals surface area contributed by atoms with Crippen molar-refractivity contribution in [3.8, 4) is 0 Å². The number of esters is 1. The third kappa shape index (κ3) is 5.94. The number of hydrogen-bond donors (Lipinski definition) is 3. The molecule has 0 radical (unpaired) electrons. The van der Waals surface area contributed by atoms with Gasteiger partial charge in [0.25, 0.3) is 0 Å². The first-order valence-corrected chi connectivity index (χ1v) is 11.7. The van der Waals surface area contributed by atoms with Crippen LogP contribution >= 0.6 is 35.3 Å². The van der Waals surface area contributed by atoms with Crippen molar-refractivity contribution in [2.24, 2.45) is 0 Å². The van der Waals surface area contributed by atoms with E-state index < -0.39 is 0 Å². The Kier molecular flexibility index (Phi) is 7.91. The summed E-state index contributed by atoms with van der Waals surface area (Å²) >= 11 is 8.32. The fourth-order valence-corrected chi connectivity index (χ4v) is 5.39. The van der Waals surface area contributed by atoms with Crippen LogP contribution < -0.4 is 16.2 Å². The van der Waals surface area contributed by atoms with Gasteiger partial charge in [0.2, 0.25) is 5.91 Å². The number of aryl methyl sites for hydroxylation is 1. The Balaban J connectivity index is 1.50. The molecule has 3 N–H and O–H groups in total. The zero-order chi connectivity index (χ0) is 20.6. The summed E-state index contributed by atoms with van der Waals surface area (Å²) in [7, 11) is 1.38. The number of amides is 1. The fraction of sp³-hybridized carbons (Fsp3) is 0.350. The number of nitrogens with one attached hydrogen (secondary N) is 3. The number of hydrazine groups is 1. The Bertz CT molecular complexity index is 884. The van der Waals surface area contributed by atoms with Crippen LogP contribution in [-0.2, 0) is 28.1 Å². The number of carbonyl (C=O) groups excluding carboxylic acids is 2. The Hall–Kier alpha value is -2.10. The Morgan fingerprint density at radius 1 is 1.17 bits per heavy atom. The first-order valence-electron chi connectivity index (χ1n) is 9.29. The molecule has 3 rings (SSSR count). The molecule has 1 heterocycles. The van der Waals surface area contributed by atoms with Crippen molar-refractivity contribution in [3.63, 3.8) is 0 Å². The highest BCUT2D eigenvalue weighted by atomic mass is 32.2. The van der Waals surface area contributed by atoms with Crippen LogP contribution in [0.1, 0.15) is 39.2 Å². The van der Waals surface area contributed by atoms with Gasteiger partial charge in [-0.3, -0.25) is 15.6 Å². The molecule has 0 saturated heterocycles. The van der Waals surface area contributed by atoms with Crippen LogP contribution in [0.15, 0.2) is 30.3 Å². The first kappa shape index (κ1) is 21.6. The van der Waals surface area contributed by atoms with Gasteiger partial charge in [0.15, 0.2) is 5.11 Å². The molecule has 1 aromatic carbocycles. The third-order valence-corrected chi connectivity index (χ3v) is 6.86. The average molecular weight is 450 g/mol. The summed E-state index contributed by atoms with van der Waals surface area (Å²) in [6.07, 6.45) is 4.01. The van der Waals surface area contributed by atoms with Crippen molar-refractivity contribution in [1.29, 1.82) is 0 Å². The molecule has 29 heavy (non-hydrogen) atoms. The molecule has 0 fully saturated rings. The number of anilines is 1. The van der Waals surface area contributed by atoms with Gasteiger partial charge in [-0.25, -0.2) is 4.79 Å². The van der Waals surface area contributed by atoms with Crippen molar-refractivity contribution in [2.45, 2.75) is 31.4 Å². The van der Waals surface area contributed by atoms with Crippen LogP contribution in [0.4, 0.5) is 5.00 Å². The van der Waals surface area contributed by atoms with E-state index in [9.17, 15) is 9.59 Å². The van der Waals surface area contributed by atoms with Gasteiger partial charge in [-0.1, -0.05) is 30.3 Å². The molecule has 1 aliphatic rings. The van der Waals surface area contributed by atoms with Crippen LogP contribution in [0.25, 0.3) is 0 Å². The van der Waals surface area contributed by atoms with Crippen LogP contribution in [-0.4, -0.2) is 29.9 Å². The van der Waals surface area contributed by atoms with Gasteiger partial charge in [-0.15, -0.1) is 23.1 Å². The number of thiocarbonyl (C=S) groups is 1. The number of benzene rings is 1. The molecule has 0 aliphatic heterocycles. The quantitative estimate of drug-likeness (QED) is 0.353. The second-order valence-electron chi connectivity index (χ2n) is 6.51. The van der Waals surface area contributed by atoms with E-state index in [1.807, 2.05) is 30.3 Å². The zero-order valence-electron chi connectivity index (χ0n) is 16.1. The summed E-state index contributed by atoms with van der Waals surface area (Å²) in [5, 5.41) is 3.93. The number of rotatable bonds is 6. The average Bonchev–Trinajstić information content (AvgIpc) is 3.10. The van der Waals surface area contributed by atoms with E-state index in [2.05, 4.69) is 16.2 Å². The van der Waals surface area contributed by atoms with Crippen molar-refractivity contribution in [1.82, 2.24) is 10.9 Å². The van der Waals surface area contributed by atoms with Crippen molar-refractivity contribution in [3.05, 3.63) is 51.9 Å². The summed E-state index contributed by atoms with van der Waals surface area (Å²) < 4.78 is 4.95. The maximum Gasteiger partial charge on any atom is 0.341 e. The van der Waals surface area contributed by atoms with E-state index in [0.29, 0.717) is 16.3 Å². The number of thioether (sulfide) groups is 1. The molecule has 0 saturated carbocycles. The van der Waals surface area contributed by atoms with Crippen molar-refractivity contribution in [2.75, 3.05) is 18.2 Å². The van der Waals surface area contributed by atoms with Crippen molar-refractivity contribution < 1.29 is 14.3 Å². The highest BCUT2D eigenvalue weighted by molar-refractivity contribution is 7.99. The lowest BCUT2D eigenvalue weighted by molar-refractivity contribution is -0.119. The van der Waals surface area contributed by atoms with Gasteiger partial charge in [-0.05, 0) is 49.0 Å². The number of fused-ring (bicyclic) bond motifs is 1. The fourth-order valence-electron chi connectivity index (χ4n) is 3.10. The second kappa shape index (κ2) is 10.6. The van der Waals surface area contributed by atoms with Crippen molar-refractivity contribution >= 4 is 57.3 Å². The lowest BCUT2D eigenvalue weighted by Crippen LogP contribution is -2.44. The van der Waals surface area contributed by atoms with Gasteiger partial charge >= 0.3 is 5.97 Å². The SMILES string of the molecule is COC(=O)c1c(NC(=S)NNC(=O)CSCc2ccccc2)sc2c1CCCC2. The van der Waals surface area contributed by atoms with E-state index in [-0.39, 0.29) is 17.0 Å². The summed E-state index contributed by atoms with van der Waals surface area (Å²) in [5.41, 5.74) is 8.08. The lowest BCUT2D eigenvalue weighted by atomic mass is 9.95. The van der Waals surface area contributed by atoms with E-state index in [1.165, 1.54) is 40.6 Å². The minimum absolute atomic E-state index is 0.172. The molecule has 1 aliphatic carbocycles. The minimum atomic E-state index is -0.365. The van der Waals surface area contributed by atoms with E-state index in [1.54, 1.807) is 0 Å². The highest BCUT2D eigenvalue weighted by Gasteiger charge is 2.26. The van der Waals surface area contributed by atoms with Gasteiger partial charge in [0.1, 0.15) is 5.00 Å². The van der Waals surface area contributed by atoms with E-state index in [0.717, 1.165) is 37.0 Å². The number of thiophene rings is 1. The molecule has 0 spiro atoms. The number of hydrogen-bond acceptors (Lipinski definition) is 6. The number of ether oxygens (including phenoxy) is 1. The third-order valence-electron chi connectivity index (χ3n) is 4.45. The molecule has 2 aromatic rings. The predicted molar refractivity (Wildman–Crippen MR) is 122 cm³/mol. The van der Waals surface area contributed by atoms with Gasteiger partial charge in [0.05, 0.1) is 18.4 Å². The summed E-state index contributed by atoms with van der Waals surface area (Å²) in [6, 6.07) is 9.98. The van der Waals surface area contributed by atoms with Gasteiger partial charge in [0, 0.05) is 10.6 Å². The molecule has 0 atom stereocenters. The smallest absolute Gasteiger partial charge is 0.341 e. The van der Waals surface area contributed by atoms with Crippen LogP contribution in [0.2, 0.25) is 0 Å². The van der Waals surface area contributed by atoms with Crippen LogP contribution in [0.3, 0.4) is 0 Å². The summed E-state index contributed by atoms with van der Waals surface area (Å²) in [4.78, 5) is 25.5. The Morgan fingerprint density at radius 2 is 1.93 bits per heavy atom. The van der Waals surface area contributed by atoms with Gasteiger partial charge < -0.3 is 10.1 Å². The lowest BCUT2D eigenvalue weighted by Gasteiger charge is -2.13. The minimum Gasteiger partial charge on any atom is -0.465 e. The normalized spacial score (nSPS) is 12.6. The number of methoxy groups -OCH3 is 1. The standard InChI is InChI=1S/C20H23N3O3S3/c1-26-19(25)17-14-9-5-6-10-15(14)29-18(17)21-20(27)23-22-16(24)12-28-11-13-7-3-2-4-8-13/h2-4,7-8H,5-6,9-12H2,1H3,(H,22,24)(H2,21,23,27). The maximum atomic E-state index is 12.3. The van der Waals surface area contributed by atoms with E-state index >= 15 is 0 Å². The molecule has 0 bridgehead atoms. The summed E-state index contributed by atoms with van der Waals surface area (Å²) in [5.74, 6) is 0.538. The molecule has 9 heteroatoms. The van der Waals surface area contributed by atoms with E-state index in [4.69, 9.17) is 17.0 Å². The van der Waals surface area contributed by atoms with Gasteiger partial charge in [-0.2, -0.15) is 0 Å². The number of carbonyl (C=O) groups is 2. The first-order chi connectivity index (χ1) is 14.1. The van der Waals surface area contributed by atoms with Crippen LogP contribution in [0.5, 0.6) is 0 Å².